The average molecular weight is 214 g/mol. The van der Waals surface area contributed by atoms with Gasteiger partial charge in [0.15, 0.2) is 0 Å². The topological polar surface area (TPSA) is 24.9 Å². The second kappa shape index (κ2) is 4.23. The highest BCUT2D eigenvalue weighted by Crippen LogP contribution is 2.26. The van der Waals surface area contributed by atoms with E-state index < -0.39 is 5.92 Å². The molecule has 0 aliphatic carbocycles. The lowest BCUT2D eigenvalue weighted by molar-refractivity contribution is -0.00892. The molecular weight excluding hydrogens is 198 g/mol. The summed E-state index contributed by atoms with van der Waals surface area (Å²) in [4.78, 5) is 3.69. The molecule has 1 heterocycles. The molecule has 0 radical (unpaired) electrons. The molecule has 0 spiro atoms. The number of hydrogen-bond donors (Lipinski definition) is 1. The first-order chi connectivity index (χ1) is 6.81. The minimum Gasteiger partial charge on any atom is -0.306 e. The molecule has 1 aromatic heterocycles. The van der Waals surface area contributed by atoms with E-state index >= 15 is 0 Å². The van der Waals surface area contributed by atoms with Gasteiger partial charge in [0.05, 0.1) is 6.54 Å². The normalized spacial score (nSPS) is 12.9. The van der Waals surface area contributed by atoms with Crippen LogP contribution in [0, 0.1) is 0 Å². The number of aromatic nitrogens is 1. The number of alkyl halides is 2. The zero-order chi connectivity index (χ0) is 11.5. The van der Waals surface area contributed by atoms with Crippen LogP contribution in [0.4, 0.5) is 8.78 Å². The Bertz CT molecular complexity index is 304. The second-order valence-electron chi connectivity index (χ2n) is 4.55. The van der Waals surface area contributed by atoms with Crippen molar-refractivity contribution in [1.29, 1.82) is 0 Å². The molecule has 4 heteroatoms. The minimum absolute atomic E-state index is 0.0539. The maximum atomic E-state index is 13.6. The number of hydrogen-bond acceptors (Lipinski definition) is 2. The fourth-order valence-electron chi connectivity index (χ4n) is 1.06. The highest BCUT2D eigenvalue weighted by molar-refractivity contribution is 5.15. The van der Waals surface area contributed by atoms with Crippen LogP contribution < -0.4 is 5.32 Å². The van der Waals surface area contributed by atoms with Crippen molar-refractivity contribution in [2.45, 2.75) is 32.2 Å². The molecule has 1 N–H and O–H groups in total. The molecule has 0 bridgehead atoms. The summed E-state index contributed by atoms with van der Waals surface area (Å²) < 4.78 is 27.2. The van der Waals surface area contributed by atoms with Crippen LogP contribution in [0.25, 0.3) is 0 Å². The Hall–Kier alpha value is -1.03. The molecule has 84 valence electrons. The van der Waals surface area contributed by atoms with E-state index in [1.807, 2.05) is 20.8 Å². The maximum absolute atomic E-state index is 13.6. The first kappa shape index (κ1) is 12.0. The van der Waals surface area contributed by atoms with Crippen LogP contribution in [0.1, 0.15) is 26.3 Å². The molecule has 1 aromatic rings. The van der Waals surface area contributed by atoms with E-state index in [0.29, 0.717) is 0 Å². The Morgan fingerprint density at radius 3 is 2.47 bits per heavy atom. The quantitative estimate of drug-likeness (QED) is 0.836. The molecule has 0 unspecified atom stereocenters. The fourth-order valence-corrected chi connectivity index (χ4v) is 1.06. The maximum Gasteiger partial charge on any atom is 0.286 e. The Morgan fingerprint density at radius 1 is 1.33 bits per heavy atom. The van der Waals surface area contributed by atoms with Crippen molar-refractivity contribution in [1.82, 2.24) is 10.3 Å². The largest absolute Gasteiger partial charge is 0.306 e. The van der Waals surface area contributed by atoms with Gasteiger partial charge in [-0.25, -0.2) is 0 Å². The predicted molar refractivity (Wildman–Crippen MR) is 55.9 cm³/mol. The summed E-state index contributed by atoms with van der Waals surface area (Å²) in [5, 5.41) is 2.78. The lowest BCUT2D eigenvalue weighted by Gasteiger charge is -2.25. The molecule has 0 saturated carbocycles. The number of pyridine rings is 1. The number of halogens is 2. The number of nitrogens with one attached hydrogen (secondary N) is 1. The lowest BCUT2D eigenvalue weighted by Crippen LogP contribution is -2.42. The van der Waals surface area contributed by atoms with Gasteiger partial charge < -0.3 is 5.32 Å². The summed E-state index contributed by atoms with van der Waals surface area (Å²) in [5.41, 5.74) is -0.368. The highest BCUT2D eigenvalue weighted by Gasteiger charge is 2.32. The molecule has 2 nitrogen and oxygen atoms in total. The molecule has 0 aliphatic rings. The van der Waals surface area contributed by atoms with Gasteiger partial charge in [0.1, 0.15) is 0 Å². The molecule has 0 aromatic carbocycles. The monoisotopic (exact) mass is 214 g/mol. The summed E-state index contributed by atoms with van der Waals surface area (Å²) >= 11 is 0. The van der Waals surface area contributed by atoms with E-state index in [1.54, 1.807) is 0 Å². The Balaban J connectivity index is 2.68. The molecule has 0 aliphatic heterocycles. The molecule has 0 amide bonds. The summed E-state index contributed by atoms with van der Waals surface area (Å²) in [5.74, 6) is -2.87. The summed E-state index contributed by atoms with van der Waals surface area (Å²) in [6, 6.07) is 2.90. The van der Waals surface area contributed by atoms with Gasteiger partial charge in [-0.15, -0.1) is 0 Å². The third kappa shape index (κ3) is 3.91. The Labute approximate surface area is 88.7 Å². The van der Waals surface area contributed by atoms with Gasteiger partial charge in [-0.1, -0.05) is 0 Å². The number of nitrogens with zero attached hydrogens (tertiary/aromatic N) is 1. The van der Waals surface area contributed by atoms with Crippen molar-refractivity contribution in [2.24, 2.45) is 0 Å². The van der Waals surface area contributed by atoms with Gasteiger partial charge in [-0.2, -0.15) is 8.78 Å². The summed E-state index contributed by atoms with van der Waals surface area (Å²) in [6.45, 7) is 5.19. The average Bonchev–Trinajstić information content (AvgIpc) is 2.16. The first-order valence-electron chi connectivity index (χ1n) is 4.85. The molecule has 0 atom stereocenters. The van der Waals surface area contributed by atoms with E-state index in [0.717, 1.165) is 0 Å². The van der Waals surface area contributed by atoms with E-state index in [1.165, 1.54) is 24.5 Å². The van der Waals surface area contributed by atoms with Gasteiger partial charge in [-0.3, -0.25) is 4.98 Å². The first-order valence-corrected chi connectivity index (χ1v) is 4.85. The molecule has 1 rings (SSSR count). The molecular formula is C11H16F2N2. The Morgan fingerprint density at radius 2 is 2.00 bits per heavy atom. The van der Waals surface area contributed by atoms with Gasteiger partial charge >= 0.3 is 0 Å². The van der Waals surface area contributed by atoms with E-state index in [-0.39, 0.29) is 17.6 Å². The van der Waals surface area contributed by atoms with Crippen molar-refractivity contribution in [3.05, 3.63) is 30.1 Å². The van der Waals surface area contributed by atoms with Crippen molar-refractivity contribution >= 4 is 0 Å². The van der Waals surface area contributed by atoms with Crippen molar-refractivity contribution in [2.75, 3.05) is 6.54 Å². The predicted octanol–water partition coefficient (Wildman–Crippen LogP) is 2.56. The van der Waals surface area contributed by atoms with E-state index in [4.69, 9.17) is 0 Å². The number of rotatable bonds is 3. The summed E-state index contributed by atoms with van der Waals surface area (Å²) in [7, 11) is 0. The van der Waals surface area contributed by atoms with Crippen LogP contribution in [0.3, 0.4) is 0 Å². The smallest absolute Gasteiger partial charge is 0.286 e. The summed E-state index contributed by atoms with van der Waals surface area (Å²) in [6.07, 6.45) is 2.68. The SMILES string of the molecule is CC(C)(C)NCC(F)(F)c1cccnc1. The third-order valence-electron chi connectivity index (χ3n) is 1.92. The zero-order valence-electron chi connectivity index (χ0n) is 9.22. The van der Waals surface area contributed by atoms with Crippen LogP contribution in [0.15, 0.2) is 24.5 Å². The zero-order valence-corrected chi connectivity index (χ0v) is 9.22. The van der Waals surface area contributed by atoms with E-state index in [9.17, 15) is 8.78 Å². The molecule has 0 saturated heterocycles. The van der Waals surface area contributed by atoms with Gasteiger partial charge in [0, 0.05) is 23.5 Å². The van der Waals surface area contributed by atoms with Crippen LogP contribution in [0.5, 0.6) is 0 Å². The molecule has 0 fully saturated rings. The lowest BCUT2D eigenvalue weighted by atomic mass is 10.1. The van der Waals surface area contributed by atoms with E-state index in [2.05, 4.69) is 10.3 Å². The van der Waals surface area contributed by atoms with Crippen LogP contribution >= 0.6 is 0 Å². The highest BCUT2D eigenvalue weighted by atomic mass is 19.3. The third-order valence-corrected chi connectivity index (χ3v) is 1.92. The van der Waals surface area contributed by atoms with Crippen molar-refractivity contribution in [3.8, 4) is 0 Å². The van der Waals surface area contributed by atoms with Crippen molar-refractivity contribution < 1.29 is 8.78 Å². The molecule has 15 heavy (non-hydrogen) atoms. The van der Waals surface area contributed by atoms with Crippen LogP contribution in [-0.4, -0.2) is 17.1 Å². The van der Waals surface area contributed by atoms with Gasteiger partial charge in [-0.05, 0) is 32.9 Å². The van der Waals surface area contributed by atoms with Gasteiger partial charge in [0.2, 0.25) is 0 Å². The minimum atomic E-state index is -2.87. The Kier molecular flexibility index (Phi) is 3.39. The van der Waals surface area contributed by atoms with Gasteiger partial charge in [0.25, 0.3) is 5.92 Å². The standard InChI is InChI=1S/C11H16F2N2/c1-10(2,3)15-8-11(12,13)9-5-4-6-14-7-9/h4-7,15H,8H2,1-3H3. The second-order valence-corrected chi connectivity index (χ2v) is 4.55. The van der Waals surface area contributed by atoms with Crippen LogP contribution in [0.2, 0.25) is 0 Å². The van der Waals surface area contributed by atoms with Crippen LogP contribution in [-0.2, 0) is 5.92 Å². The fraction of sp³-hybridized carbons (Fsp3) is 0.545. The van der Waals surface area contributed by atoms with Crippen molar-refractivity contribution in [3.63, 3.8) is 0 Å².